The van der Waals surface area contributed by atoms with Gasteiger partial charge in [0.15, 0.2) is 0 Å². The summed E-state index contributed by atoms with van der Waals surface area (Å²) in [5, 5.41) is 12.1. The highest BCUT2D eigenvalue weighted by Gasteiger charge is 2.26. The Balaban J connectivity index is 1.84. The van der Waals surface area contributed by atoms with Gasteiger partial charge in [-0.3, -0.25) is 14.5 Å². The van der Waals surface area contributed by atoms with Gasteiger partial charge in [-0.2, -0.15) is 0 Å². The standard InChI is InChI=1S/C18H27N3O3/c1-20(2)16(14-7-4-3-5-8-14)11-19-17(22)13-21-10-6-9-15(12-21)18(23)24/h3-5,7-8,15-16H,6,9-13H2,1-2H3,(H,19,22)(H,23,24). The number of likely N-dealkylation sites (tertiary alicyclic amines) is 1. The maximum atomic E-state index is 12.2. The highest BCUT2D eigenvalue weighted by atomic mass is 16.4. The van der Waals surface area contributed by atoms with Crippen molar-refractivity contribution in [1.29, 1.82) is 0 Å². The molecule has 6 nitrogen and oxygen atoms in total. The smallest absolute Gasteiger partial charge is 0.307 e. The summed E-state index contributed by atoms with van der Waals surface area (Å²) in [6, 6.07) is 10.2. The highest BCUT2D eigenvalue weighted by Crippen LogP contribution is 2.18. The van der Waals surface area contributed by atoms with Crippen LogP contribution in [0.15, 0.2) is 30.3 Å². The van der Waals surface area contributed by atoms with Crippen molar-refractivity contribution in [3.63, 3.8) is 0 Å². The fourth-order valence-corrected chi connectivity index (χ4v) is 3.14. The predicted octanol–water partition coefficient (Wildman–Crippen LogP) is 1.20. The number of carboxylic acid groups (broad SMARTS) is 1. The summed E-state index contributed by atoms with van der Waals surface area (Å²) in [6.45, 7) is 2.04. The number of nitrogens with one attached hydrogen (secondary N) is 1. The Morgan fingerprint density at radius 1 is 1.33 bits per heavy atom. The molecule has 1 aliphatic rings. The minimum absolute atomic E-state index is 0.0520. The molecule has 2 unspecified atom stereocenters. The number of carbonyl (C=O) groups is 2. The van der Waals surface area contributed by atoms with E-state index in [4.69, 9.17) is 5.11 Å². The van der Waals surface area contributed by atoms with Gasteiger partial charge in [-0.1, -0.05) is 30.3 Å². The van der Waals surface area contributed by atoms with Crippen LogP contribution in [0.3, 0.4) is 0 Å². The van der Waals surface area contributed by atoms with Gasteiger partial charge in [0.05, 0.1) is 18.5 Å². The van der Waals surface area contributed by atoms with E-state index in [1.165, 1.54) is 0 Å². The number of hydrogen-bond donors (Lipinski definition) is 2. The Morgan fingerprint density at radius 3 is 2.67 bits per heavy atom. The lowest BCUT2D eigenvalue weighted by atomic mass is 9.98. The highest BCUT2D eigenvalue weighted by molar-refractivity contribution is 5.78. The van der Waals surface area contributed by atoms with Gasteiger partial charge >= 0.3 is 5.97 Å². The maximum absolute atomic E-state index is 12.2. The Morgan fingerprint density at radius 2 is 2.04 bits per heavy atom. The van der Waals surface area contributed by atoms with E-state index in [1.54, 1.807) is 0 Å². The molecule has 1 saturated heterocycles. The molecule has 1 fully saturated rings. The largest absolute Gasteiger partial charge is 0.481 e. The number of likely N-dealkylation sites (N-methyl/N-ethyl adjacent to an activating group) is 1. The van der Waals surface area contributed by atoms with Gasteiger partial charge in [0.25, 0.3) is 0 Å². The van der Waals surface area contributed by atoms with Gasteiger partial charge in [0, 0.05) is 13.1 Å². The fourth-order valence-electron chi connectivity index (χ4n) is 3.14. The van der Waals surface area contributed by atoms with E-state index >= 15 is 0 Å². The van der Waals surface area contributed by atoms with Crippen LogP contribution in [0.1, 0.15) is 24.4 Å². The lowest BCUT2D eigenvalue weighted by molar-refractivity contribution is -0.144. The summed E-state index contributed by atoms with van der Waals surface area (Å²) in [5.74, 6) is -1.17. The van der Waals surface area contributed by atoms with E-state index < -0.39 is 5.97 Å². The molecule has 0 bridgehead atoms. The number of carbonyl (C=O) groups excluding carboxylic acids is 1. The molecular formula is C18H27N3O3. The van der Waals surface area contributed by atoms with E-state index in [0.29, 0.717) is 19.5 Å². The summed E-state index contributed by atoms with van der Waals surface area (Å²) in [6.07, 6.45) is 1.53. The number of nitrogens with zero attached hydrogens (tertiary/aromatic N) is 2. The summed E-state index contributed by atoms with van der Waals surface area (Å²) >= 11 is 0. The normalized spacial score (nSPS) is 19.9. The number of amides is 1. The van der Waals surface area contributed by atoms with Crippen molar-refractivity contribution < 1.29 is 14.7 Å². The second kappa shape index (κ2) is 8.80. The van der Waals surface area contributed by atoms with Gasteiger partial charge in [0.1, 0.15) is 0 Å². The molecule has 6 heteroatoms. The molecule has 1 aromatic rings. The number of rotatable bonds is 7. The lowest BCUT2D eigenvalue weighted by Gasteiger charge is -2.30. The molecule has 2 N–H and O–H groups in total. The van der Waals surface area contributed by atoms with Crippen LogP contribution >= 0.6 is 0 Å². The van der Waals surface area contributed by atoms with Crippen molar-refractivity contribution in [3.05, 3.63) is 35.9 Å². The van der Waals surface area contributed by atoms with Crippen molar-refractivity contribution in [2.45, 2.75) is 18.9 Å². The van der Waals surface area contributed by atoms with E-state index in [0.717, 1.165) is 18.5 Å². The summed E-state index contributed by atoms with van der Waals surface area (Å²) in [5.41, 5.74) is 1.16. The Labute approximate surface area is 143 Å². The number of piperidine rings is 1. The SMILES string of the molecule is CN(C)C(CNC(=O)CN1CCCC(C(=O)O)C1)c1ccccc1. The quantitative estimate of drug-likeness (QED) is 0.784. The molecule has 0 radical (unpaired) electrons. The van der Waals surface area contributed by atoms with Crippen molar-refractivity contribution in [2.75, 3.05) is 40.3 Å². The minimum Gasteiger partial charge on any atom is -0.481 e. The average Bonchev–Trinajstić information content (AvgIpc) is 2.56. The molecule has 2 atom stereocenters. The van der Waals surface area contributed by atoms with Crippen LogP contribution in [-0.4, -0.2) is 67.1 Å². The molecule has 2 rings (SSSR count). The van der Waals surface area contributed by atoms with Crippen LogP contribution in [0.2, 0.25) is 0 Å². The second-order valence-corrected chi connectivity index (χ2v) is 6.61. The van der Waals surface area contributed by atoms with Crippen LogP contribution in [0.4, 0.5) is 0 Å². The molecule has 0 aliphatic carbocycles. The zero-order chi connectivity index (χ0) is 17.5. The van der Waals surface area contributed by atoms with Gasteiger partial charge in [0.2, 0.25) is 5.91 Å². The number of aliphatic carboxylic acids is 1. The third-order valence-corrected chi connectivity index (χ3v) is 4.52. The number of carboxylic acids is 1. The van der Waals surface area contributed by atoms with Crippen molar-refractivity contribution >= 4 is 11.9 Å². The summed E-state index contributed by atoms with van der Waals surface area (Å²) in [4.78, 5) is 27.3. The second-order valence-electron chi connectivity index (χ2n) is 6.61. The molecule has 0 spiro atoms. The van der Waals surface area contributed by atoms with Crippen LogP contribution in [0.5, 0.6) is 0 Å². The Hall–Kier alpha value is -1.92. The van der Waals surface area contributed by atoms with Crippen LogP contribution in [0, 0.1) is 5.92 Å². The van der Waals surface area contributed by atoms with Gasteiger partial charge in [-0.15, -0.1) is 0 Å². The zero-order valence-electron chi connectivity index (χ0n) is 14.4. The molecule has 0 aromatic heterocycles. The maximum Gasteiger partial charge on any atom is 0.307 e. The molecular weight excluding hydrogens is 306 g/mol. The van der Waals surface area contributed by atoms with Crippen molar-refractivity contribution in [3.8, 4) is 0 Å². The zero-order valence-corrected chi connectivity index (χ0v) is 14.4. The first-order valence-electron chi connectivity index (χ1n) is 8.40. The van der Waals surface area contributed by atoms with Gasteiger partial charge in [-0.25, -0.2) is 0 Å². The molecule has 0 saturated carbocycles. The van der Waals surface area contributed by atoms with E-state index in [-0.39, 0.29) is 24.4 Å². The fraction of sp³-hybridized carbons (Fsp3) is 0.556. The molecule has 132 valence electrons. The van der Waals surface area contributed by atoms with E-state index in [9.17, 15) is 9.59 Å². The van der Waals surface area contributed by atoms with E-state index in [2.05, 4.69) is 22.3 Å². The minimum atomic E-state index is -0.767. The topological polar surface area (TPSA) is 72.9 Å². The number of hydrogen-bond acceptors (Lipinski definition) is 4. The van der Waals surface area contributed by atoms with Gasteiger partial charge in [-0.05, 0) is 39.0 Å². The first kappa shape index (κ1) is 18.4. The number of benzene rings is 1. The first-order valence-corrected chi connectivity index (χ1v) is 8.40. The van der Waals surface area contributed by atoms with Crippen LogP contribution in [-0.2, 0) is 9.59 Å². The molecule has 1 heterocycles. The van der Waals surface area contributed by atoms with Crippen molar-refractivity contribution in [2.24, 2.45) is 5.92 Å². The average molecular weight is 333 g/mol. The summed E-state index contributed by atoms with van der Waals surface area (Å²) < 4.78 is 0. The molecule has 24 heavy (non-hydrogen) atoms. The van der Waals surface area contributed by atoms with Crippen LogP contribution in [0.25, 0.3) is 0 Å². The van der Waals surface area contributed by atoms with Gasteiger partial charge < -0.3 is 15.3 Å². The molecule has 1 aliphatic heterocycles. The predicted molar refractivity (Wildman–Crippen MR) is 92.7 cm³/mol. The molecule has 1 amide bonds. The molecule has 1 aromatic carbocycles. The Kier molecular flexibility index (Phi) is 6.75. The Bertz CT molecular complexity index is 548. The van der Waals surface area contributed by atoms with Crippen molar-refractivity contribution in [1.82, 2.24) is 15.1 Å². The summed E-state index contributed by atoms with van der Waals surface area (Å²) in [7, 11) is 3.98. The van der Waals surface area contributed by atoms with Crippen LogP contribution < -0.4 is 5.32 Å². The lowest BCUT2D eigenvalue weighted by Crippen LogP contribution is -2.45. The third-order valence-electron chi connectivity index (χ3n) is 4.52. The third kappa shape index (κ3) is 5.32. The monoisotopic (exact) mass is 333 g/mol. The van der Waals surface area contributed by atoms with E-state index in [1.807, 2.05) is 37.2 Å². The first-order chi connectivity index (χ1) is 11.5.